The summed E-state index contributed by atoms with van der Waals surface area (Å²) in [6.45, 7) is 4.56. The molecule has 6 aromatic rings. The molecule has 0 aliphatic carbocycles. The molecular weight excluding hydrogens is 845 g/mol. The van der Waals surface area contributed by atoms with Gasteiger partial charge in [-0.15, -0.1) is 0 Å². The molecule has 18 heteroatoms. The summed E-state index contributed by atoms with van der Waals surface area (Å²) in [4.78, 5) is 47.1. The van der Waals surface area contributed by atoms with E-state index >= 15 is 0 Å². The molecule has 0 atom stereocenters. The van der Waals surface area contributed by atoms with Gasteiger partial charge in [0.05, 0.1) is 22.3 Å². The van der Waals surface area contributed by atoms with Crippen LogP contribution in [0.5, 0.6) is 23.0 Å². The second-order valence-electron chi connectivity index (χ2n) is 12.7. The molecule has 0 unspecified atom stereocenters. The Bertz CT molecular complexity index is 2500. The van der Waals surface area contributed by atoms with Crippen LogP contribution in [0.15, 0.2) is 168 Å². The second kappa shape index (κ2) is 22.0. The van der Waals surface area contributed by atoms with Crippen LogP contribution >= 0.6 is 0 Å². The third kappa shape index (κ3) is 14.0. The van der Waals surface area contributed by atoms with Gasteiger partial charge in [-0.1, -0.05) is 72.8 Å². The van der Waals surface area contributed by atoms with Gasteiger partial charge < -0.3 is 29.6 Å². The van der Waals surface area contributed by atoms with Gasteiger partial charge in [-0.2, -0.15) is 16.8 Å². The number of piperazine rings is 1. The number of hydrogen-bond donors (Lipinski definition) is 4. The average Bonchev–Trinajstić information content (AvgIpc) is 3.29. The monoisotopic (exact) mass is 882 g/mol. The van der Waals surface area contributed by atoms with E-state index in [-0.39, 0.29) is 33.8 Å². The smallest absolute Gasteiger partial charge is 0.343 e. The summed E-state index contributed by atoms with van der Waals surface area (Å²) in [5.74, 6) is -4.10. The quantitative estimate of drug-likeness (QED) is 0.0709. The van der Waals surface area contributed by atoms with Gasteiger partial charge in [0.1, 0.15) is 21.3 Å². The molecule has 0 bridgehead atoms. The molecule has 4 N–H and O–H groups in total. The minimum atomic E-state index is -4.75. The summed E-state index contributed by atoms with van der Waals surface area (Å²) < 4.78 is 86.2. The molecule has 0 amide bonds. The SMILES string of the molecule is C1CNCCN1.O=C(Oc1ccc(OC(=O)c2ccccc2)c(S(=O)(=O)O)c1)c1ccccc1.O=C(Oc1ccc(OC(=O)c2ccccc2)c(S(=O)(=O)O)c1)c1ccccc1. The molecule has 6 aromatic carbocycles. The van der Waals surface area contributed by atoms with Crippen LogP contribution in [0.3, 0.4) is 0 Å². The highest BCUT2D eigenvalue weighted by molar-refractivity contribution is 7.86. The van der Waals surface area contributed by atoms with E-state index in [2.05, 4.69) is 10.6 Å². The van der Waals surface area contributed by atoms with Gasteiger partial charge in [0, 0.05) is 38.3 Å². The lowest BCUT2D eigenvalue weighted by molar-refractivity contribution is 0.0715. The molecule has 1 fully saturated rings. The Morgan fingerprint density at radius 1 is 0.387 bits per heavy atom. The van der Waals surface area contributed by atoms with Crippen LogP contribution in [-0.2, 0) is 20.2 Å². The highest BCUT2D eigenvalue weighted by Gasteiger charge is 2.23. The Kier molecular flexibility index (Phi) is 16.3. The molecule has 7 rings (SSSR count). The van der Waals surface area contributed by atoms with E-state index in [1.165, 1.54) is 60.7 Å². The maximum atomic E-state index is 12.2. The van der Waals surface area contributed by atoms with Crippen LogP contribution in [0.25, 0.3) is 0 Å². The van der Waals surface area contributed by atoms with Gasteiger partial charge in [-0.3, -0.25) is 9.11 Å². The molecule has 0 saturated carbocycles. The van der Waals surface area contributed by atoms with Crippen molar-refractivity contribution in [2.75, 3.05) is 26.2 Å². The summed E-state index contributed by atoms with van der Waals surface area (Å²) in [6, 6.07) is 38.6. The number of hydrogen-bond acceptors (Lipinski definition) is 14. The van der Waals surface area contributed by atoms with Crippen LogP contribution in [0.4, 0.5) is 0 Å². The van der Waals surface area contributed by atoms with E-state index in [0.717, 1.165) is 50.4 Å². The van der Waals surface area contributed by atoms with E-state index in [1.807, 2.05) is 0 Å². The number of rotatable bonds is 10. The maximum absolute atomic E-state index is 12.2. The minimum Gasteiger partial charge on any atom is -0.423 e. The first-order valence-electron chi connectivity index (χ1n) is 18.4. The molecule has 62 heavy (non-hydrogen) atoms. The lowest BCUT2D eigenvalue weighted by Gasteiger charge is -2.11. The Balaban J connectivity index is 0.000000206. The molecule has 16 nitrogen and oxygen atoms in total. The summed E-state index contributed by atoms with van der Waals surface area (Å²) in [6.07, 6.45) is 0. The normalized spacial score (nSPS) is 12.2. The van der Waals surface area contributed by atoms with E-state index in [1.54, 1.807) is 72.8 Å². The lowest BCUT2D eigenvalue weighted by atomic mass is 10.2. The van der Waals surface area contributed by atoms with Gasteiger partial charge in [-0.25, -0.2) is 19.2 Å². The first-order chi connectivity index (χ1) is 29.7. The Labute approximate surface area is 356 Å². The Morgan fingerprint density at radius 2 is 0.645 bits per heavy atom. The fourth-order valence-corrected chi connectivity index (χ4v) is 6.48. The standard InChI is InChI=1S/2C20H14O7S.C4H10N2/c2*21-19(14-7-3-1-4-8-14)26-16-11-12-17(18(13-16)28(23,24)25)27-20(22)15-9-5-2-6-10-15;1-2-6-4-3-5-1/h2*1-13H,(H,23,24,25);5-6H,1-4H2. The third-order valence-corrected chi connectivity index (χ3v) is 9.96. The van der Waals surface area contributed by atoms with Crippen molar-refractivity contribution in [1.29, 1.82) is 0 Å². The second-order valence-corrected chi connectivity index (χ2v) is 15.5. The zero-order chi connectivity index (χ0) is 44.5. The molecule has 0 aromatic heterocycles. The maximum Gasteiger partial charge on any atom is 0.343 e. The molecular formula is C44H38N2O14S2. The average molecular weight is 883 g/mol. The van der Waals surface area contributed by atoms with Gasteiger partial charge in [0.2, 0.25) is 0 Å². The van der Waals surface area contributed by atoms with Gasteiger partial charge in [0.25, 0.3) is 20.2 Å². The molecule has 1 heterocycles. The minimum absolute atomic E-state index is 0.138. The topological polar surface area (TPSA) is 238 Å². The van der Waals surface area contributed by atoms with E-state index in [0.29, 0.717) is 0 Å². The molecule has 1 saturated heterocycles. The molecule has 320 valence electrons. The summed E-state index contributed by atoms with van der Waals surface area (Å²) in [7, 11) is -9.51. The number of benzene rings is 6. The Hall–Kier alpha value is -7.06. The number of ether oxygens (including phenoxy) is 4. The zero-order valence-electron chi connectivity index (χ0n) is 32.4. The van der Waals surface area contributed by atoms with Gasteiger partial charge in [-0.05, 0) is 72.8 Å². The van der Waals surface area contributed by atoms with Crippen LogP contribution in [0, 0.1) is 0 Å². The summed E-state index contributed by atoms with van der Waals surface area (Å²) >= 11 is 0. The number of carbonyl (C=O) groups is 4. The number of carbonyl (C=O) groups excluding carboxylic acids is 4. The largest absolute Gasteiger partial charge is 0.423 e. The summed E-state index contributed by atoms with van der Waals surface area (Å²) in [5, 5.41) is 6.44. The highest BCUT2D eigenvalue weighted by atomic mass is 32.2. The fourth-order valence-electron chi connectivity index (χ4n) is 5.23. The van der Waals surface area contributed by atoms with E-state index in [4.69, 9.17) is 18.9 Å². The van der Waals surface area contributed by atoms with Gasteiger partial charge >= 0.3 is 23.9 Å². The third-order valence-electron chi connectivity index (χ3n) is 8.21. The highest BCUT2D eigenvalue weighted by Crippen LogP contribution is 2.31. The molecule has 1 aliphatic rings. The van der Waals surface area contributed by atoms with Crippen molar-refractivity contribution in [3.8, 4) is 23.0 Å². The summed E-state index contributed by atoms with van der Waals surface area (Å²) in [5.41, 5.74) is 0.915. The Morgan fingerprint density at radius 3 is 0.887 bits per heavy atom. The van der Waals surface area contributed by atoms with Crippen molar-refractivity contribution in [2.45, 2.75) is 9.79 Å². The molecule has 1 aliphatic heterocycles. The van der Waals surface area contributed by atoms with E-state index < -0.39 is 65.4 Å². The fraction of sp³-hybridized carbons (Fsp3) is 0.0909. The van der Waals surface area contributed by atoms with Crippen LogP contribution in [0.1, 0.15) is 41.4 Å². The van der Waals surface area contributed by atoms with Crippen LogP contribution in [0.2, 0.25) is 0 Å². The van der Waals surface area contributed by atoms with Crippen molar-refractivity contribution < 1.29 is 64.1 Å². The number of esters is 4. The lowest BCUT2D eigenvalue weighted by Crippen LogP contribution is -2.39. The first kappa shape index (κ1) is 46.0. The van der Waals surface area contributed by atoms with Crippen LogP contribution in [-0.4, -0.2) is 76.0 Å². The molecule has 0 radical (unpaired) electrons. The first-order valence-corrected chi connectivity index (χ1v) is 21.3. The predicted molar refractivity (Wildman–Crippen MR) is 224 cm³/mol. The van der Waals surface area contributed by atoms with Crippen molar-refractivity contribution in [1.82, 2.24) is 10.6 Å². The zero-order valence-corrected chi connectivity index (χ0v) is 34.1. The van der Waals surface area contributed by atoms with Gasteiger partial charge in [0.15, 0.2) is 11.5 Å². The van der Waals surface area contributed by atoms with Crippen LogP contribution < -0.4 is 29.6 Å². The van der Waals surface area contributed by atoms with Crippen molar-refractivity contribution in [2.24, 2.45) is 0 Å². The van der Waals surface area contributed by atoms with Crippen molar-refractivity contribution >= 4 is 44.1 Å². The van der Waals surface area contributed by atoms with Crippen molar-refractivity contribution in [3.63, 3.8) is 0 Å². The van der Waals surface area contributed by atoms with Crippen molar-refractivity contribution in [3.05, 3.63) is 180 Å². The molecule has 0 spiro atoms. The predicted octanol–water partition coefficient (Wildman–Crippen LogP) is 5.92. The van der Waals surface area contributed by atoms with E-state index in [9.17, 15) is 45.1 Å². The number of nitrogens with one attached hydrogen (secondary N) is 2.